The lowest BCUT2D eigenvalue weighted by Crippen LogP contribution is -2.08. The van der Waals surface area contributed by atoms with Gasteiger partial charge in [0.1, 0.15) is 5.55 Å². The largest absolute Gasteiger partial charge is 0.678 e. The van der Waals surface area contributed by atoms with Gasteiger partial charge in [0.2, 0.25) is 0 Å². The zero-order valence-electron chi connectivity index (χ0n) is 6.80. The standard InChI is InChI=1S/C7H7F3N2OS/c8-7(9,10)5-1-2-6(12-3-5)14(13)4-11/h1-4,11H,14H2. The smallest absolute Gasteiger partial charge is 0.417 e. The van der Waals surface area contributed by atoms with E-state index in [2.05, 4.69) is 4.98 Å². The van der Waals surface area contributed by atoms with E-state index in [1.807, 2.05) is 0 Å². The van der Waals surface area contributed by atoms with Gasteiger partial charge < -0.3 is 4.55 Å². The normalized spacial score (nSPS) is 12.4. The zero-order valence-corrected chi connectivity index (χ0v) is 7.80. The molecule has 1 aromatic rings. The van der Waals surface area contributed by atoms with Crippen molar-refractivity contribution in [2.75, 3.05) is 0 Å². The summed E-state index contributed by atoms with van der Waals surface area (Å²) in [6, 6.07) is 1.82. The molecule has 0 saturated carbocycles. The Bertz CT molecular complexity index is 325. The van der Waals surface area contributed by atoms with Crippen LogP contribution in [-0.4, -0.2) is 15.1 Å². The van der Waals surface area contributed by atoms with Crippen LogP contribution in [0.15, 0.2) is 23.4 Å². The van der Waals surface area contributed by atoms with Crippen molar-refractivity contribution in [2.45, 2.75) is 11.2 Å². The van der Waals surface area contributed by atoms with Crippen molar-refractivity contribution in [1.29, 1.82) is 5.41 Å². The van der Waals surface area contributed by atoms with Crippen molar-refractivity contribution in [3.63, 3.8) is 0 Å². The molecule has 1 aromatic heterocycles. The van der Waals surface area contributed by atoms with Crippen molar-refractivity contribution >= 4 is 16.7 Å². The highest BCUT2D eigenvalue weighted by Gasteiger charge is 2.30. The summed E-state index contributed by atoms with van der Waals surface area (Å²) < 4.78 is 47.1. The second-order valence-corrected chi connectivity index (χ2v) is 3.97. The average molecular weight is 224 g/mol. The number of hydrogen-bond acceptors (Lipinski definition) is 3. The van der Waals surface area contributed by atoms with Gasteiger partial charge in [-0.15, -0.1) is 0 Å². The van der Waals surface area contributed by atoms with Crippen molar-refractivity contribution in [3.05, 3.63) is 23.9 Å². The van der Waals surface area contributed by atoms with Crippen LogP contribution in [0.3, 0.4) is 0 Å². The molecule has 0 aliphatic heterocycles. The minimum absolute atomic E-state index is 0.0120. The summed E-state index contributed by atoms with van der Waals surface area (Å²) in [4.78, 5) is 3.38. The SMILES string of the molecule is N=C[SH2+]([O-])c1ccc(C(F)(F)F)cn1. The molecule has 1 rings (SSSR count). The van der Waals surface area contributed by atoms with E-state index in [1.165, 1.54) is 0 Å². The van der Waals surface area contributed by atoms with E-state index in [4.69, 9.17) is 5.41 Å². The second-order valence-electron chi connectivity index (χ2n) is 2.44. The van der Waals surface area contributed by atoms with Crippen LogP contribution in [0.25, 0.3) is 0 Å². The predicted octanol–water partition coefficient (Wildman–Crippen LogP) is 1.28. The molecule has 0 aliphatic rings. The summed E-state index contributed by atoms with van der Waals surface area (Å²) in [5.41, 5.74) is -0.207. The van der Waals surface area contributed by atoms with Gasteiger partial charge in [-0.05, 0) is 6.07 Å². The molecule has 0 spiro atoms. The molecule has 7 heteroatoms. The number of alkyl halides is 3. The number of halogens is 3. The minimum Gasteiger partial charge on any atom is -0.678 e. The van der Waals surface area contributed by atoms with Crippen LogP contribution in [0.2, 0.25) is 0 Å². The quantitative estimate of drug-likeness (QED) is 0.467. The van der Waals surface area contributed by atoms with Crippen LogP contribution < -0.4 is 0 Å². The number of aromatic nitrogens is 1. The zero-order chi connectivity index (χ0) is 10.8. The molecule has 0 aromatic carbocycles. The number of pyridine rings is 1. The molecule has 0 atom stereocenters. The Morgan fingerprint density at radius 2 is 2.07 bits per heavy atom. The maximum Gasteiger partial charge on any atom is 0.417 e. The fraction of sp³-hybridized carbons (Fsp3) is 0.143. The fourth-order valence-electron chi connectivity index (χ4n) is 0.781. The van der Waals surface area contributed by atoms with E-state index >= 15 is 0 Å². The van der Waals surface area contributed by atoms with Gasteiger partial charge in [0, 0.05) is 12.3 Å². The summed E-state index contributed by atoms with van der Waals surface area (Å²) in [6.45, 7) is 0. The summed E-state index contributed by atoms with van der Waals surface area (Å²) in [7, 11) is 0. The maximum atomic E-state index is 12.0. The van der Waals surface area contributed by atoms with Crippen LogP contribution in [0, 0.1) is 5.41 Å². The van der Waals surface area contributed by atoms with Gasteiger partial charge in [-0.2, -0.15) is 13.2 Å². The van der Waals surface area contributed by atoms with E-state index in [0.29, 0.717) is 11.7 Å². The highest BCUT2D eigenvalue weighted by atomic mass is 32.2. The maximum absolute atomic E-state index is 12.0. The van der Waals surface area contributed by atoms with Gasteiger partial charge >= 0.3 is 6.18 Å². The van der Waals surface area contributed by atoms with Crippen molar-refractivity contribution in [1.82, 2.24) is 4.98 Å². The summed E-state index contributed by atoms with van der Waals surface area (Å²) in [6.07, 6.45) is -3.83. The predicted molar refractivity (Wildman–Crippen MR) is 47.2 cm³/mol. The molecule has 1 N–H and O–H groups in total. The fourth-order valence-corrected chi connectivity index (χ4v) is 1.37. The molecular weight excluding hydrogens is 217 g/mol. The number of rotatable bonds is 2. The van der Waals surface area contributed by atoms with Crippen molar-refractivity contribution in [3.8, 4) is 0 Å². The van der Waals surface area contributed by atoms with Gasteiger partial charge in [0.05, 0.1) is 5.56 Å². The first kappa shape index (κ1) is 11.0. The molecule has 0 unspecified atom stereocenters. The minimum atomic E-state index is -4.44. The molecular formula is C7H7F3N2OS. The Labute approximate surface area is 80.7 Å². The van der Waals surface area contributed by atoms with Crippen LogP contribution in [-0.2, 0) is 17.4 Å². The Morgan fingerprint density at radius 3 is 2.43 bits per heavy atom. The summed E-state index contributed by atoms with van der Waals surface area (Å²) >= 11 is -2.45. The Morgan fingerprint density at radius 1 is 1.43 bits per heavy atom. The van der Waals surface area contributed by atoms with E-state index in [9.17, 15) is 17.7 Å². The Hall–Kier alpha value is -1.08. The van der Waals surface area contributed by atoms with Gasteiger partial charge in [-0.1, -0.05) is 0 Å². The van der Waals surface area contributed by atoms with Gasteiger partial charge in [-0.25, -0.2) is 16.2 Å². The first-order chi connectivity index (χ1) is 6.45. The molecule has 0 amide bonds. The topological polar surface area (TPSA) is 59.8 Å². The lowest BCUT2D eigenvalue weighted by Gasteiger charge is -2.14. The Kier molecular flexibility index (Phi) is 3.12. The first-order valence-electron chi connectivity index (χ1n) is 3.53. The molecule has 0 bridgehead atoms. The van der Waals surface area contributed by atoms with Gasteiger partial charge in [0.15, 0.2) is 5.03 Å². The van der Waals surface area contributed by atoms with Crippen molar-refractivity contribution in [2.24, 2.45) is 0 Å². The molecule has 0 aliphatic carbocycles. The highest BCUT2D eigenvalue weighted by molar-refractivity contribution is 8.04. The molecule has 0 fully saturated rings. The van der Waals surface area contributed by atoms with Crippen LogP contribution >= 0.6 is 0 Å². The summed E-state index contributed by atoms with van der Waals surface area (Å²) in [5.74, 6) is 0. The molecule has 0 saturated heterocycles. The van der Waals surface area contributed by atoms with Gasteiger partial charge in [-0.3, -0.25) is 5.41 Å². The Balaban J connectivity index is 2.95. The van der Waals surface area contributed by atoms with Crippen LogP contribution in [0.5, 0.6) is 0 Å². The van der Waals surface area contributed by atoms with Gasteiger partial charge in [0.25, 0.3) is 0 Å². The number of hydrogen-bond donors (Lipinski definition) is 1. The molecule has 78 valence electrons. The molecule has 0 radical (unpaired) electrons. The molecule has 1 heterocycles. The number of nitrogens with one attached hydrogen (secondary N) is 1. The third-order valence-electron chi connectivity index (χ3n) is 1.47. The van der Waals surface area contributed by atoms with E-state index in [1.54, 1.807) is 0 Å². The molecule has 3 nitrogen and oxygen atoms in total. The first-order valence-corrected chi connectivity index (χ1v) is 5.02. The monoisotopic (exact) mass is 224 g/mol. The van der Waals surface area contributed by atoms with Crippen LogP contribution in [0.4, 0.5) is 13.2 Å². The third-order valence-corrected chi connectivity index (χ3v) is 2.54. The van der Waals surface area contributed by atoms with E-state index in [-0.39, 0.29) is 5.03 Å². The number of nitrogens with zero attached hydrogens (tertiary/aromatic N) is 1. The lowest BCUT2D eigenvalue weighted by molar-refractivity contribution is -0.137. The lowest BCUT2D eigenvalue weighted by atomic mass is 10.3. The van der Waals surface area contributed by atoms with Crippen LogP contribution in [0.1, 0.15) is 5.56 Å². The van der Waals surface area contributed by atoms with E-state index < -0.39 is 22.9 Å². The van der Waals surface area contributed by atoms with E-state index in [0.717, 1.165) is 12.1 Å². The molecule has 14 heavy (non-hydrogen) atoms. The third kappa shape index (κ3) is 2.46. The van der Waals surface area contributed by atoms with Crippen molar-refractivity contribution < 1.29 is 17.7 Å². The average Bonchev–Trinajstić information content (AvgIpc) is 2.15. The summed E-state index contributed by atoms with van der Waals surface area (Å²) in [5, 5.41) is 6.68. The highest BCUT2D eigenvalue weighted by Crippen LogP contribution is 2.28. The second kappa shape index (κ2) is 3.97.